The van der Waals surface area contributed by atoms with Gasteiger partial charge in [0.05, 0.1) is 18.8 Å². The summed E-state index contributed by atoms with van der Waals surface area (Å²) in [5.41, 5.74) is 6.27. The molecule has 170 valence electrons. The zero-order valence-electron chi connectivity index (χ0n) is 19.4. The molecule has 0 radical (unpaired) electrons. The van der Waals surface area contributed by atoms with Crippen LogP contribution in [0.15, 0.2) is 60.7 Å². The average Bonchev–Trinajstić information content (AvgIpc) is 3.24. The lowest BCUT2D eigenvalue weighted by Crippen LogP contribution is -2.14. The van der Waals surface area contributed by atoms with Crippen LogP contribution in [0.25, 0.3) is 5.57 Å². The van der Waals surface area contributed by atoms with E-state index in [1.807, 2.05) is 50.2 Å². The highest BCUT2D eigenvalue weighted by atomic mass is 16.5. The molecule has 33 heavy (non-hydrogen) atoms. The number of pyridine rings is 1. The van der Waals surface area contributed by atoms with Crippen molar-refractivity contribution in [2.24, 2.45) is 0 Å². The molecule has 6 heteroatoms. The molecular formula is C27H29N3O3. The topological polar surface area (TPSA) is 72.5 Å². The lowest BCUT2D eigenvalue weighted by atomic mass is 10.1. The first-order valence-corrected chi connectivity index (χ1v) is 11.1. The summed E-state index contributed by atoms with van der Waals surface area (Å²) >= 11 is 0. The first-order chi connectivity index (χ1) is 16.0. The van der Waals surface area contributed by atoms with Crippen molar-refractivity contribution in [3.8, 4) is 17.4 Å². The van der Waals surface area contributed by atoms with Crippen LogP contribution >= 0.6 is 0 Å². The number of nitrogens with one attached hydrogen (secondary N) is 2. The number of hydrogen-bond donors (Lipinski definition) is 2. The molecule has 0 saturated heterocycles. The maximum atomic E-state index is 11.6. The van der Waals surface area contributed by atoms with Crippen LogP contribution in [-0.4, -0.2) is 25.0 Å². The first-order valence-electron chi connectivity index (χ1n) is 11.1. The number of rotatable bonds is 7. The monoisotopic (exact) mass is 443 g/mol. The highest BCUT2D eigenvalue weighted by Gasteiger charge is 2.25. The number of amides is 1. The summed E-state index contributed by atoms with van der Waals surface area (Å²) in [6.07, 6.45) is 3.54. The van der Waals surface area contributed by atoms with E-state index in [4.69, 9.17) is 9.47 Å². The number of benzene rings is 2. The maximum absolute atomic E-state index is 11.6. The van der Waals surface area contributed by atoms with Crippen molar-refractivity contribution < 1.29 is 14.3 Å². The Labute approximate surface area is 194 Å². The number of aromatic nitrogens is 1. The fraction of sp³-hybridized carbons (Fsp3) is 0.259. The second-order valence-electron chi connectivity index (χ2n) is 8.12. The number of methoxy groups -OCH3 is 1. The molecule has 1 unspecified atom stereocenters. The van der Waals surface area contributed by atoms with Crippen molar-refractivity contribution >= 4 is 17.2 Å². The lowest BCUT2D eigenvalue weighted by Gasteiger charge is -2.17. The lowest BCUT2D eigenvalue weighted by molar-refractivity contribution is -0.116. The number of likely N-dealkylation sites (N-methyl/N-ethyl adjacent to an activating group) is 1. The highest BCUT2D eigenvalue weighted by Crippen LogP contribution is 2.40. The Kier molecular flexibility index (Phi) is 6.63. The Hall–Kier alpha value is -3.80. The highest BCUT2D eigenvalue weighted by molar-refractivity contribution is 5.94. The van der Waals surface area contributed by atoms with Crippen molar-refractivity contribution in [2.45, 2.75) is 32.7 Å². The largest absolute Gasteiger partial charge is 0.481 e. The van der Waals surface area contributed by atoms with Gasteiger partial charge in [0.25, 0.3) is 0 Å². The number of aryl methyl sites for hydroxylation is 1. The summed E-state index contributed by atoms with van der Waals surface area (Å²) < 4.78 is 11.4. The van der Waals surface area contributed by atoms with Gasteiger partial charge >= 0.3 is 0 Å². The van der Waals surface area contributed by atoms with Gasteiger partial charge in [-0.05, 0) is 67.7 Å². The fourth-order valence-electron chi connectivity index (χ4n) is 4.11. The number of fused-ring (bicyclic) bond motifs is 1. The second kappa shape index (κ2) is 9.77. The molecule has 0 spiro atoms. The third-order valence-electron chi connectivity index (χ3n) is 5.94. The number of allylic oxidation sites excluding steroid dienone is 1. The van der Waals surface area contributed by atoms with Crippen molar-refractivity contribution in [1.82, 2.24) is 10.3 Å². The predicted molar refractivity (Wildman–Crippen MR) is 131 cm³/mol. The van der Waals surface area contributed by atoms with E-state index in [2.05, 4.69) is 33.8 Å². The SMILES string of the molecule is CNC(=O)/C=C(\C)c1ccc(NC2CCc3c(Oc4ccc(OC)nc4C)cccc32)cc1. The van der Waals surface area contributed by atoms with E-state index in [1.54, 1.807) is 20.2 Å². The maximum Gasteiger partial charge on any atom is 0.244 e. The minimum Gasteiger partial charge on any atom is -0.481 e. The molecule has 0 bridgehead atoms. The van der Waals surface area contributed by atoms with Gasteiger partial charge in [-0.1, -0.05) is 24.3 Å². The number of hydrogen-bond acceptors (Lipinski definition) is 5. The van der Waals surface area contributed by atoms with E-state index < -0.39 is 0 Å². The van der Waals surface area contributed by atoms with E-state index in [1.165, 1.54) is 11.1 Å². The second-order valence-corrected chi connectivity index (χ2v) is 8.12. The predicted octanol–water partition coefficient (Wildman–Crippen LogP) is 5.44. The van der Waals surface area contributed by atoms with Crippen molar-refractivity contribution in [3.05, 3.63) is 83.1 Å². The first kappa shape index (κ1) is 22.4. The summed E-state index contributed by atoms with van der Waals surface area (Å²) in [6.45, 7) is 3.85. The van der Waals surface area contributed by atoms with Crippen LogP contribution in [0.3, 0.4) is 0 Å². The van der Waals surface area contributed by atoms with E-state index in [0.29, 0.717) is 5.88 Å². The van der Waals surface area contributed by atoms with Crippen LogP contribution in [-0.2, 0) is 11.2 Å². The van der Waals surface area contributed by atoms with Crippen LogP contribution in [0.4, 0.5) is 5.69 Å². The molecule has 1 heterocycles. The molecule has 2 aromatic carbocycles. The molecule has 4 rings (SSSR count). The van der Waals surface area contributed by atoms with E-state index in [9.17, 15) is 4.79 Å². The summed E-state index contributed by atoms with van der Waals surface area (Å²) in [5.74, 6) is 2.08. The summed E-state index contributed by atoms with van der Waals surface area (Å²) in [7, 11) is 3.24. The number of anilines is 1. The Balaban J connectivity index is 1.49. The third kappa shape index (κ3) is 5.00. The molecule has 1 aliphatic carbocycles. The van der Waals surface area contributed by atoms with Crippen molar-refractivity contribution in [3.63, 3.8) is 0 Å². The zero-order chi connectivity index (χ0) is 23.4. The van der Waals surface area contributed by atoms with Crippen LogP contribution in [0.1, 0.15) is 41.8 Å². The van der Waals surface area contributed by atoms with Gasteiger partial charge in [0, 0.05) is 30.4 Å². The minimum atomic E-state index is -0.101. The quantitative estimate of drug-likeness (QED) is 0.476. The number of nitrogens with zero attached hydrogens (tertiary/aromatic N) is 1. The van der Waals surface area contributed by atoms with Crippen LogP contribution in [0.5, 0.6) is 17.4 Å². The Morgan fingerprint density at radius 3 is 2.58 bits per heavy atom. The Morgan fingerprint density at radius 1 is 1.09 bits per heavy atom. The number of ether oxygens (including phenoxy) is 2. The smallest absolute Gasteiger partial charge is 0.244 e. The molecule has 3 aromatic rings. The van der Waals surface area contributed by atoms with Gasteiger partial charge in [-0.3, -0.25) is 4.79 Å². The third-order valence-corrected chi connectivity index (χ3v) is 5.94. The van der Waals surface area contributed by atoms with E-state index >= 15 is 0 Å². The molecule has 1 aromatic heterocycles. The molecule has 1 aliphatic rings. The van der Waals surface area contributed by atoms with Crippen LogP contribution < -0.4 is 20.1 Å². The fourth-order valence-corrected chi connectivity index (χ4v) is 4.11. The van der Waals surface area contributed by atoms with Crippen molar-refractivity contribution in [2.75, 3.05) is 19.5 Å². The van der Waals surface area contributed by atoms with Gasteiger partial charge < -0.3 is 20.1 Å². The summed E-state index contributed by atoms with van der Waals surface area (Å²) in [4.78, 5) is 16.0. The molecule has 6 nitrogen and oxygen atoms in total. The number of carbonyl (C=O) groups excluding carboxylic acids is 1. The molecular weight excluding hydrogens is 414 g/mol. The van der Waals surface area contributed by atoms with Gasteiger partial charge in [0.15, 0.2) is 0 Å². The normalized spacial score (nSPS) is 15.0. The minimum absolute atomic E-state index is 0.101. The van der Waals surface area contributed by atoms with Crippen LogP contribution in [0.2, 0.25) is 0 Å². The van der Waals surface area contributed by atoms with Gasteiger partial charge in [0.2, 0.25) is 11.8 Å². The van der Waals surface area contributed by atoms with Gasteiger partial charge in [-0.15, -0.1) is 0 Å². The molecule has 0 saturated carbocycles. The van der Waals surface area contributed by atoms with E-state index in [0.717, 1.165) is 46.9 Å². The van der Waals surface area contributed by atoms with Crippen molar-refractivity contribution in [1.29, 1.82) is 0 Å². The summed E-state index contributed by atoms with van der Waals surface area (Å²) in [6, 6.07) is 18.3. The number of carbonyl (C=O) groups is 1. The molecule has 1 atom stereocenters. The molecule has 1 amide bonds. The van der Waals surface area contributed by atoms with Gasteiger partial charge in [-0.25, -0.2) is 4.98 Å². The van der Waals surface area contributed by atoms with Crippen LogP contribution in [0, 0.1) is 6.92 Å². The Morgan fingerprint density at radius 2 is 1.88 bits per heavy atom. The Bertz CT molecular complexity index is 1190. The van der Waals surface area contributed by atoms with E-state index in [-0.39, 0.29) is 11.9 Å². The molecule has 2 N–H and O–H groups in total. The molecule has 0 fully saturated rings. The zero-order valence-corrected chi connectivity index (χ0v) is 19.4. The standard InChI is InChI=1S/C27H29N3O3/c1-17(16-26(31)28-3)19-8-10-20(11-9-19)30-23-13-12-22-21(23)6-5-7-25(22)33-24-14-15-27(32-4)29-18(24)2/h5-11,14-16,23,30H,12-13H2,1-4H3,(H,28,31)/b17-16+. The average molecular weight is 444 g/mol. The van der Waals surface area contributed by atoms with Gasteiger partial charge in [0.1, 0.15) is 11.5 Å². The van der Waals surface area contributed by atoms with Gasteiger partial charge in [-0.2, -0.15) is 0 Å². The molecule has 0 aliphatic heterocycles. The summed E-state index contributed by atoms with van der Waals surface area (Å²) in [5, 5.41) is 6.27.